The van der Waals surface area contributed by atoms with Crippen molar-refractivity contribution in [2.45, 2.75) is 32.7 Å². The van der Waals surface area contributed by atoms with Gasteiger partial charge < -0.3 is 5.73 Å². The standard InChI is InChI=1S/C19H23ClN2/c1-14-11-16-13-22(10-8-18(16)19(21)12-14)9-2-3-15-4-6-17(20)7-5-15/h4-7,11-12H,2-3,8-10,13,21H2,1H3. The number of hydrogen-bond acceptors (Lipinski definition) is 2. The first-order chi connectivity index (χ1) is 10.6. The summed E-state index contributed by atoms with van der Waals surface area (Å²) in [5.41, 5.74) is 12.5. The van der Waals surface area contributed by atoms with Crippen LogP contribution in [0.5, 0.6) is 0 Å². The number of halogens is 1. The third-order valence-electron chi connectivity index (χ3n) is 4.45. The monoisotopic (exact) mass is 314 g/mol. The van der Waals surface area contributed by atoms with Crippen molar-refractivity contribution in [2.24, 2.45) is 0 Å². The van der Waals surface area contributed by atoms with Gasteiger partial charge in [-0.05, 0) is 73.2 Å². The molecule has 0 aromatic heterocycles. The van der Waals surface area contributed by atoms with Gasteiger partial charge in [0.25, 0.3) is 0 Å². The fourth-order valence-electron chi connectivity index (χ4n) is 3.31. The number of nitrogen functional groups attached to an aromatic ring is 1. The van der Waals surface area contributed by atoms with E-state index in [1.807, 2.05) is 12.1 Å². The van der Waals surface area contributed by atoms with Crippen molar-refractivity contribution in [3.63, 3.8) is 0 Å². The number of benzene rings is 2. The Morgan fingerprint density at radius 2 is 1.95 bits per heavy atom. The molecule has 0 saturated carbocycles. The SMILES string of the molecule is Cc1cc(N)c2c(c1)CN(CCCc1ccc(Cl)cc1)CC2. The molecule has 1 aliphatic rings. The summed E-state index contributed by atoms with van der Waals surface area (Å²) in [4.78, 5) is 2.54. The van der Waals surface area contributed by atoms with Crippen molar-refractivity contribution in [3.8, 4) is 0 Å². The van der Waals surface area contributed by atoms with E-state index < -0.39 is 0 Å². The van der Waals surface area contributed by atoms with Gasteiger partial charge in [0.15, 0.2) is 0 Å². The average Bonchev–Trinajstić information content (AvgIpc) is 2.49. The van der Waals surface area contributed by atoms with Crippen LogP contribution in [0.1, 0.15) is 28.7 Å². The Bertz CT molecular complexity index is 649. The van der Waals surface area contributed by atoms with Crippen LogP contribution in [0.2, 0.25) is 5.02 Å². The fourth-order valence-corrected chi connectivity index (χ4v) is 3.43. The van der Waals surface area contributed by atoms with Crippen molar-refractivity contribution in [1.29, 1.82) is 0 Å². The molecule has 0 fully saturated rings. The molecule has 0 bridgehead atoms. The quantitative estimate of drug-likeness (QED) is 0.856. The largest absolute Gasteiger partial charge is 0.398 e. The van der Waals surface area contributed by atoms with E-state index in [0.717, 1.165) is 43.2 Å². The molecule has 2 nitrogen and oxygen atoms in total. The summed E-state index contributed by atoms with van der Waals surface area (Å²) in [6, 6.07) is 12.6. The maximum absolute atomic E-state index is 6.15. The van der Waals surface area contributed by atoms with E-state index in [-0.39, 0.29) is 0 Å². The predicted molar refractivity (Wildman–Crippen MR) is 94.3 cm³/mol. The second kappa shape index (κ2) is 6.72. The van der Waals surface area contributed by atoms with Crippen LogP contribution in [0, 0.1) is 6.92 Å². The Morgan fingerprint density at radius 1 is 1.18 bits per heavy atom. The van der Waals surface area contributed by atoms with Crippen molar-refractivity contribution >= 4 is 17.3 Å². The zero-order valence-electron chi connectivity index (χ0n) is 13.1. The molecular formula is C19H23ClN2. The average molecular weight is 315 g/mol. The summed E-state index contributed by atoms with van der Waals surface area (Å²) in [7, 11) is 0. The van der Waals surface area contributed by atoms with Gasteiger partial charge in [0, 0.05) is 23.8 Å². The van der Waals surface area contributed by atoms with Crippen LogP contribution >= 0.6 is 11.6 Å². The van der Waals surface area contributed by atoms with Crippen LogP contribution in [0.3, 0.4) is 0 Å². The third-order valence-corrected chi connectivity index (χ3v) is 4.70. The van der Waals surface area contributed by atoms with Gasteiger partial charge >= 0.3 is 0 Å². The van der Waals surface area contributed by atoms with E-state index in [1.165, 1.54) is 28.7 Å². The van der Waals surface area contributed by atoms with E-state index in [0.29, 0.717) is 0 Å². The number of hydrogen-bond donors (Lipinski definition) is 1. The van der Waals surface area contributed by atoms with Gasteiger partial charge in [-0.1, -0.05) is 29.8 Å². The molecule has 3 rings (SSSR count). The molecule has 0 amide bonds. The van der Waals surface area contributed by atoms with Gasteiger partial charge in [0.05, 0.1) is 0 Å². The van der Waals surface area contributed by atoms with E-state index in [1.54, 1.807) is 0 Å². The second-order valence-corrected chi connectivity index (χ2v) is 6.68. The Hall–Kier alpha value is -1.51. The Kier molecular flexibility index (Phi) is 4.70. The molecule has 22 heavy (non-hydrogen) atoms. The molecule has 0 saturated heterocycles. The maximum atomic E-state index is 6.15. The molecule has 0 unspecified atom stereocenters. The number of anilines is 1. The Labute approximate surface area is 137 Å². The summed E-state index contributed by atoms with van der Waals surface area (Å²) in [6.45, 7) is 5.40. The highest BCUT2D eigenvalue weighted by Crippen LogP contribution is 2.26. The summed E-state index contributed by atoms with van der Waals surface area (Å²) < 4.78 is 0. The molecule has 2 N–H and O–H groups in total. The lowest BCUT2D eigenvalue weighted by molar-refractivity contribution is 0.251. The van der Waals surface area contributed by atoms with Crippen LogP contribution in [0.25, 0.3) is 0 Å². The van der Waals surface area contributed by atoms with Gasteiger partial charge in [-0.3, -0.25) is 4.90 Å². The van der Waals surface area contributed by atoms with Crippen molar-refractivity contribution in [3.05, 3.63) is 63.7 Å². The van der Waals surface area contributed by atoms with Gasteiger partial charge in [-0.25, -0.2) is 0 Å². The zero-order chi connectivity index (χ0) is 15.5. The number of nitrogens with two attached hydrogens (primary N) is 1. The number of nitrogens with zero attached hydrogens (tertiary/aromatic N) is 1. The molecule has 116 valence electrons. The van der Waals surface area contributed by atoms with E-state index in [4.69, 9.17) is 17.3 Å². The summed E-state index contributed by atoms with van der Waals surface area (Å²) in [5.74, 6) is 0. The first kappa shape index (κ1) is 15.4. The van der Waals surface area contributed by atoms with E-state index >= 15 is 0 Å². The van der Waals surface area contributed by atoms with Crippen molar-refractivity contribution in [1.82, 2.24) is 4.90 Å². The highest BCUT2D eigenvalue weighted by atomic mass is 35.5. The van der Waals surface area contributed by atoms with Crippen LogP contribution in [0.15, 0.2) is 36.4 Å². The Balaban J connectivity index is 1.55. The normalized spacial score (nSPS) is 14.8. The first-order valence-corrected chi connectivity index (χ1v) is 8.34. The molecule has 2 aromatic carbocycles. The van der Waals surface area contributed by atoms with Crippen LogP contribution in [0.4, 0.5) is 5.69 Å². The molecule has 0 radical (unpaired) electrons. The molecule has 2 aromatic rings. The van der Waals surface area contributed by atoms with Gasteiger partial charge in [-0.15, -0.1) is 0 Å². The molecule has 1 heterocycles. The molecule has 0 aliphatic carbocycles. The Morgan fingerprint density at radius 3 is 2.73 bits per heavy atom. The summed E-state index contributed by atoms with van der Waals surface area (Å²) >= 11 is 5.92. The zero-order valence-corrected chi connectivity index (χ0v) is 13.9. The van der Waals surface area contributed by atoms with Gasteiger partial charge in [0.1, 0.15) is 0 Å². The smallest absolute Gasteiger partial charge is 0.0406 e. The minimum atomic E-state index is 0.810. The van der Waals surface area contributed by atoms with Gasteiger partial charge in [0.2, 0.25) is 0 Å². The van der Waals surface area contributed by atoms with E-state index in [2.05, 4.69) is 36.1 Å². The molecule has 1 aliphatic heterocycles. The number of fused-ring (bicyclic) bond motifs is 1. The van der Waals surface area contributed by atoms with Gasteiger partial charge in [-0.2, -0.15) is 0 Å². The third kappa shape index (κ3) is 3.63. The predicted octanol–water partition coefficient (Wildman–Crippen LogP) is 4.22. The van der Waals surface area contributed by atoms with Crippen molar-refractivity contribution < 1.29 is 0 Å². The maximum Gasteiger partial charge on any atom is 0.0406 e. The minimum Gasteiger partial charge on any atom is -0.398 e. The molecule has 3 heteroatoms. The summed E-state index contributed by atoms with van der Waals surface area (Å²) in [5, 5.41) is 0.810. The summed E-state index contributed by atoms with van der Waals surface area (Å²) in [6.07, 6.45) is 3.36. The van der Waals surface area contributed by atoms with Crippen LogP contribution in [-0.2, 0) is 19.4 Å². The van der Waals surface area contributed by atoms with Crippen LogP contribution in [-0.4, -0.2) is 18.0 Å². The van der Waals surface area contributed by atoms with Crippen molar-refractivity contribution in [2.75, 3.05) is 18.8 Å². The highest BCUT2D eigenvalue weighted by molar-refractivity contribution is 6.30. The highest BCUT2D eigenvalue weighted by Gasteiger charge is 2.18. The topological polar surface area (TPSA) is 29.3 Å². The number of aryl methyl sites for hydroxylation is 2. The molecule has 0 spiro atoms. The lowest BCUT2D eigenvalue weighted by Crippen LogP contribution is -2.32. The fraction of sp³-hybridized carbons (Fsp3) is 0.368. The molecular weight excluding hydrogens is 292 g/mol. The molecule has 0 atom stereocenters. The lowest BCUT2D eigenvalue weighted by atomic mass is 9.95. The first-order valence-electron chi connectivity index (χ1n) is 7.96. The lowest BCUT2D eigenvalue weighted by Gasteiger charge is -2.30. The number of rotatable bonds is 4. The van der Waals surface area contributed by atoms with E-state index in [9.17, 15) is 0 Å². The second-order valence-electron chi connectivity index (χ2n) is 6.25. The van der Waals surface area contributed by atoms with Crippen LogP contribution < -0.4 is 5.73 Å². The minimum absolute atomic E-state index is 0.810.